The zero-order chi connectivity index (χ0) is 23.2. The summed E-state index contributed by atoms with van der Waals surface area (Å²) in [6.07, 6.45) is 4.23. The van der Waals surface area contributed by atoms with Crippen molar-refractivity contribution in [1.82, 2.24) is 4.72 Å². The van der Waals surface area contributed by atoms with E-state index >= 15 is 0 Å². The van der Waals surface area contributed by atoms with Crippen molar-refractivity contribution in [2.75, 3.05) is 6.61 Å². The molecule has 1 fully saturated rings. The Morgan fingerprint density at radius 1 is 1.26 bits per heavy atom. The van der Waals surface area contributed by atoms with Crippen molar-refractivity contribution in [2.24, 2.45) is 5.92 Å². The number of nitrogens with one attached hydrogen (secondary N) is 1. The van der Waals surface area contributed by atoms with Crippen molar-refractivity contribution in [3.63, 3.8) is 0 Å². The van der Waals surface area contributed by atoms with Gasteiger partial charge in [-0.3, -0.25) is 9.52 Å². The Hall–Kier alpha value is -1.70. The first-order chi connectivity index (χ1) is 14.5. The summed E-state index contributed by atoms with van der Waals surface area (Å²) in [5.74, 6) is -1.10. The van der Waals surface area contributed by atoms with Gasteiger partial charge >= 0.3 is 0 Å². The highest BCUT2D eigenvalue weighted by atomic mass is 32.2. The van der Waals surface area contributed by atoms with Crippen LogP contribution in [0.2, 0.25) is 0 Å². The molecule has 0 aliphatic carbocycles. The smallest absolute Gasteiger partial charge is 0.237 e. The predicted octanol–water partition coefficient (Wildman–Crippen LogP) is 4.66. The van der Waals surface area contributed by atoms with Crippen molar-refractivity contribution in [1.29, 1.82) is 0 Å². The Labute approximate surface area is 187 Å². The minimum absolute atomic E-state index is 0.0354. The maximum atomic E-state index is 12.1. The zero-order valence-corrected chi connectivity index (χ0v) is 20.4. The average molecular weight is 452 g/mol. The fourth-order valence-electron chi connectivity index (χ4n) is 3.84. The summed E-state index contributed by atoms with van der Waals surface area (Å²) >= 11 is 0. The van der Waals surface area contributed by atoms with Gasteiger partial charge in [-0.05, 0) is 65.0 Å². The molecule has 0 spiro atoms. The SMILES string of the molecule is C/C=C(/CCCC(=O)NS(=O)(=O)C(C)C)[C@@H]1COC(C)(C)O[C@@H]1c1ccccc1CC. The van der Waals surface area contributed by atoms with Crippen molar-refractivity contribution in [2.45, 2.75) is 84.4 Å². The summed E-state index contributed by atoms with van der Waals surface area (Å²) in [5, 5.41) is -0.637. The summed E-state index contributed by atoms with van der Waals surface area (Å²) in [4.78, 5) is 12.1. The molecule has 1 N–H and O–H groups in total. The van der Waals surface area contributed by atoms with E-state index in [2.05, 4.69) is 29.9 Å². The van der Waals surface area contributed by atoms with E-state index in [1.165, 1.54) is 11.1 Å². The third-order valence-electron chi connectivity index (χ3n) is 5.72. The molecule has 2 rings (SSSR count). The first-order valence-electron chi connectivity index (χ1n) is 11.1. The van der Waals surface area contributed by atoms with Crippen LogP contribution in [0.4, 0.5) is 0 Å². The lowest BCUT2D eigenvalue weighted by Crippen LogP contribution is -2.42. The molecule has 1 saturated heterocycles. The molecule has 0 aromatic heterocycles. The second-order valence-electron chi connectivity index (χ2n) is 8.74. The topological polar surface area (TPSA) is 81.7 Å². The molecule has 6 nitrogen and oxygen atoms in total. The van der Waals surface area contributed by atoms with Crippen LogP contribution in [0.3, 0.4) is 0 Å². The van der Waals surface area contributed by atoms with Gasteiger partial charge in [0.1, 0.15) is 0 Å². The molecule has 31 heavy (non-hydrogen) atoms. The number of carbonyl (C=O) groups excluding carboxylic acids is 1. The largest absolute Gasteiger partial charge is 0.350 e. The van der Waals surface area contributed by atoms with Crippen LogP contribution in [-0.4, -0.2) is 32.0 Å². The number of sulfonamides is 1. The lowest BCUT2D eigenvalue weighted by molar-refractivity contribution is -0.291. The summed E-state index contributed by atoms with van der Waals surface area (Å²) in [5.41, 5.74) is 3.58. The van der Waals surface area contributed by atoms with Gasteiger partial charge in [-0.1, -0.05) is 42.8 Å². The first kappa shape index (κ1) is 25.6. The molecule has 0 radical (unpaired) electrons. The third kappa shape index (κ3) is 6.89. The van der Waals surface area contributed by atoms with E-state index in [0.29, 0.717) is 19.4 Å². The minimum atomic E-state index is -3.59. The molecule has 7 heteroatoms. The van der Waals surface area contributed by atoms with Gasteiger partial charge < -0.3 is 9.47 Å². The van der Waals surface area contributed by atoms with Gasteiger partial charge in [0.05, 0.1) is 18.0 Å². The molecular formula is C24H37NO5S. The number of allylic oxidation sites excluding steroid dienone is 1. The number of hydrogen-bond acceptors (Lipinski definition) is 5. The minimum Gasteiger partial charge on any atom is -0.350 e. The number of aryl methyl sites for hydroxylation is 1. The number of hydrogen-bond donors (Lipinski definition) is 1. The third-order valence-corrected chi connectivity index (χ3v) is 7.48. The molecule has 1 aromatic rings. The van der Waals surface area contributed by atoms with Gasteiger partial charge in [0, 0.05) is 12.3 Å². The fraction of sp³-hybridized carbons (Fsp3) is 0.625. The number of ether oxygens (including phenoxy) is 2. The van der Waals surface area contributed by atoms with Crippen molar-refractivity contribution in [3.05, 3.63) is 47.0 Å². The second-order valence-corrected chi connectivity index (χ2v) is 11.0. The molecule has 1 aromatic carbocycles. The van der Waals surface area contributed by atoms with Crippen LogP contribution in [0.15, 0.2) is 35.9 Å². The van der Waals surface area contributed by atoms with Crippen LogP contribution in [-0.2, 0) is 30.7 Å². The van der Waals surface area contributed by atoms with Gasteiger partial charge in [-0.25, -0.2) is 8.42 Å². The first-order valence-corrected chi connectivity index (χ1v) is 12.6. The highest BCUT2D eigenvalue weighted by molar-refractivity contribution is 7.90. The van der Waals surface area contributed by atoms with E-state index in [-0.39, 0.29) is 18.4 Å². The summed E-state index contributed by atoms with van der Waals surface area (Å²) < 4.78 is 38.3. The van der Waals surface area contributed by atoms with Crippen molar-refractivity contribution < 1.29 is 22.7 Å². The molecule has 1 amide bonds. The van der Waals surface area contributed by atoms with Gasteiger partial charge in [0.15, 0.2) is 5.79 Å². The molecule has 1 heterocycles. The maximum absolute atomic E-state index is 12.1. The highest BCUT2D eigenvalue weighted by Crippen LogP contribution is 2.42. The van der Waals surface area contributed by atoms with Crippen molar-refractivity contribution in [3.8, 4) is 0 Å². The Balaban J connectivity index is 2.12. The van der Waals surface area contributed by atoms with Crippen LogP contribution >= 0.6 is 0 Å². The molecule has 1 aliphatic heterocycles. The summed E-state index contributed by atoms with van der Waals surface area (Å²) in [6, 6.07) is 8.33. The zero-order valence-electron chi connectivity index (χ0n) is 19.6. The standard InChI is InChI=1S/C24H37NO5S/c1-7-18-12-9-10-14-20(18)23-21(16-29-24(5,6)30-23)19(8-2)13-11-15-22(26)25-31(27,28)17(3)4/h8-10,12,14,17,21,23H,7,11,13,15-16H2,1-6H3,(H,25,26)/b19-8-/t21-,23+/m0/s1. The molecule has 174 valence electrons. The Bertz CT molecular complexity index is 889. The number of carbonyl (C=O) groups is 1. The maximum Gasteiger partial charge on any atom is 0.237 e. The molecule has 0 saturated carbocycles. The summed E-state index contributed by atoms with van der Waals surface area (Å²) in [6.45, 7) is 11.6. The van der Waals surface area contributed by atoms with Crippen LogP contribution in [0, 0.1) is 5.92 Å². The van der Waals surface area contributed by atoms with Crippen molar-refractivity contribution >= 4 is 15.9 Å². The molecule has 0 bridgehead atoms. The van der Waals surface area contributed by atoms with Crippen LogP contribution in [0.5, 0.6) is 0 Å². The van der Waals surface area contributed by atoms with Crippen LogP contribution in [0.1, 0.15) is 78.0 Å². The molecule has 0 unspecified atom stereocenters. The van der Waals surface area contributed by atoms with Gasteiger partial charge in [0.25, 0.3) is 0 Å². The Morgan fingerprint density at radius 3 is 2.55 bits per heavy atom. The Morgan fingerprint density at radius 2 is 1.94 bits per heavy atom. The lowest BCUT2D eigenvalue weighted by atomic mass is 9.83. The number of amides is 1. The Kier molecular flexibility index (Phi) is 8.86. The van der Waals surface area contributed by atoms with Crippen LogP contribution in [0.25, 0.3) is 0 Å². The van der Waals surface area contributed by atoms with E-state index < -0.39 is 27.0 Å². The summed E-state index contributed by atoms with van der Waals surface area (Å²) in [7, 11) is -3.59. The monoisotopic (exact) mass is 451 g/mol. The van der Waals surface area contributed by atoms with E-state index in [1.54, 1.807) is 13.8 Å². The van der Waals surface area contributed by atoms with E-state index in [4.69, 9.17) is 9.47 Å². The molecule has 2 atom stereocenters. The van der Waals surface area contributed by atoms with E-state index in [9.17, 15) is 13.2 Å². The second kappa shape index (κ2) is 10.7. The predicted molar refractivity (Wildman–Crippen MR) is 123 cm³/mol. The highest BCUT2D eigenvalue weighted by Gasteiger charge is 2.39. The quantitative estimate of drug-likeness (QED) is 0.552. The van der Waals surface area contributed by atoms with Crippen LogP contribution < -0.4 is 4.72 Å². The lowest BCUT2D eigenvalue weighted by Gasteiger charge is -2.43. The van der Waals surface area contributed by atoms with E-state index in [1.807, 2.05) is 32.9 Å². The molecular weight excluding hydrogens is 414 g/mol. The number of benzene rings is 1. The fourth-order valence-corrected chi connectivity index (χ4v) is 4.49. The van der Waals surface area contributed by atoms with Gasteiger partial charge in [-0.2, -0.15) is 0 Å². The normalized spacial score (nSPS) is 21.8. The molecule has 1 aliphatic rings. The average Bonchev–Trinajstić information content (AvgIpc) is 2.70. The number of rotatable bonds is 9. The van der Waals surface area contributed by atoms with E-state index in [0.717, 1.165) is 12.0 Å². The van der Waals surface area contributed by atoms with Gasteiger partial charge in [-0.15, -0.1) is 0 Å². The van der Waals surface area contributed by atoms with Gasteiger partial charge in [0.2, 0.25) is 15.9 Å².